The van der Waals surface area contributed by atoms with Gasteiger partial charge in [0.2, 0.25) is 0 Å². The molecule has 0 amide bonds. The average Bonchev–Trinajstić information content (AvgIpc) is 2.41. The zero-order valence-electron chi connectivity index (χ0n) is 14.0. The number of halogens is 1. The van der Waals surface area contributed by atoms with E-state index in [9.17, 15) is 0 Å². The molecule has 0 spiro atoms. The molecule has 0 atom stereocenters. The number of nitrogens with zero attached hydrogens (tertiary/aromatic N) is 2. The maximum Gasteiger partial charge on any atom is 0.0241 e. The van der Waals surface area contributed by atoms with Crippen LogP contribution in [0.5, 0.6) is 0 Å². The summed E-state index contributed by atoms with van der Waals surface area (Å²) in [5.41, 5.74) is 2.70. The lowest BCUT2D eigenvalue weighted by atomic mass is 10.1. The molecule has 0 heterocycles. The molecule has 21 heavy (non-hydrogen) atoms. The molecular formula is C17H30BrN3. The molecular weight excluding hydrogens is 326 g/mol. The predicted octanol–water partition coefficient (Wildman–Crippen LogP) is 3.33. The molecule has 0 unspecified atom stereocenters. The van der Waals surface area contributed by atoms with Gasteiger partial charge in [0.05, 0.1) is 0 Å². The lowest BCUT2D eigenvalue weighted by Gasteiger charge is -2.19. The van der Waals surface area contributed by atoms with Crippen LogP contribution in [0.25, 0.3) is 0 Å². The van der Waals surface area contributed by atoms with Crippen molar-refractivity contribution in [1.29, 1.82) is 0 Å². The first kappa shape index (κ1) is 18.6. The van der Waals surface area contributed by atoms with Crippen LogP contribution in [0.3, 0.4) is 0 Å². The van der Waals surface area contributed by atoms with Crippen molar-refractivity contribution in [2.45, 2.75) is 32.9 Å². The summed E-state index contributed by atoms with van der Waals surface area (Å²) in [6, 6.07) is 6.72. The van der Waals surface area contributed by atoms with Gasteiger partial charge < -0.3 is 15.1 Å². The molecule has 0 fully saturated rings. The molecule has 1 rings (SSSR count). The van der Waals surface area contributed by atoms with Crippen molar-refractivity contribution in [3.8, 4) is 0 Å². The van der Waals surface area contributed by atoms with Crippen LogP contribution in [-0.2, 0) is 13.1 Å². The first-order valence-electron chi connectivity index (χ1n) is 7.84. The minimum absolute atomic E-state index is 0.950. The van der Waals surface area contributed by atoms with E-state index in [1.54, 1.807) is 0 Å². The molecule has 0 saturated carbocycles. The van der Waals surface area contributed by atoms with E-state index in [1.807, 2.05) is 0 Å². The first-order valence-corrected chi connectivity index (χ1v) is 8.63. The average molecular weight is 356 g/mol. The van der Waals surface area contributed by atoms with E-state index in [2.05, 4.69) is 77.3 Å². The Labute approximate surface area is 138 Å². The van der Waals surface area contributed by atoms with Gasteiger partial charge in [-0.2, -0.15) is 0 Å². The second kappa shape index (κ2) is 10.3. The summed E-state index contributed by atoms with van der Waals surface area (Å²) in [6.45, 7) is 7.49. The van der Waals surface area contributed by atoms with Gasteiger partial charge in [-0.3, -0.25) is 0 Å². The third-order valence-electron chi connectivity index (χ3n) is 3.46. The van der Waals surface area contributed by atoms with Gasteiger partial charge in [-0.25, -0.2) is 0 Å². The van der Waals surface area contributed by atoms with Gasteiger partial charge in [0.15, 0.2) is 0 Å². The lowest BCUT2D eigenvalue weighted by Crippen LogP contribution is -2.23. The highest BCUT2D eigenvalue weighted by atomic mass is 79.9. The van der Waals surface area contributed by atoms with E-state index in [0.29, 0.717) is 0 Å². The molecule has 120 valence electrons. The first-order chi connectivity index (χ1) is 10.0. The van der Waals surface area contributed by atoms with E-state index in [0.717, 1.165) is 32.7 Å². The SMILES string of the molecule is CCCNCc1ccc(CN(C)CCCN(C)C)c(Br)c1. The van der Waals surface area contributed by atoms with Crippen molar-refractivity contribution in [2.75, 3.05) is 40.8 Å². The molecule has 0 saturated heterocycles. The van der Waals surface area contributed by atoms with Gasteiger partial charge >= 0.3 is 0 Å². The topological polar surface area (TPSA) is 18.5 Å². The highest BCUT2D eigenvalue weighted by Crippen LogP contribution is 2.20. The number of hydrogen-bond donors (Lipinski definition) is 1. The summed E-state index contributed by atoms with van der Waals surface area (Å²) in [6.07, 6.45) is 2.39. The number of rotatable bonds is 10. The van der Waals surface area contributed by atoms with Gasteiger partial charge in [-0.1, -0.05) is 35.0 Å². The van der Waals surface area contributed by atoms with Crippen LogP contribution in [0, 0.1) is 0 Å². The van der Waals surface area contributed by atoms with Crippen LogP contribution < -0.4 is 5.32 Å². The van der Waals surface area contributed by atoms with Crippen molar-refractivity contribution >= 4 is 15.9 Å². The molecule has 1 N–H and O–H groups in total. The number of benzene rings is 1. The zero-order chi connectivity index (χ0) is 15.7. The Morgan fingerprint density at radius 2 is 1.90 bits per heavy atom. The molecule has 4 heteroatoms. The zero-order valence-corrected chi connectivity index (χ0v) is 15.5. The van der Waals surface area contributed by atoms with E-state index in [1.165, 1.54) is 28.4 Å². The van der Waals surface area contributed by atoms with Gasteiger partial charge in [0, 0.05) is 17.6 Å². The molecule has 0 bridgehead atoms. The van der Waals surface area contributed by atoms with Crippen LogP contribution in [0.1, 0.15) is 30.9 Å². The maximum absolute atomic E-state index is 3.71. The summed E-state index contributed by atoms with van der Waals surface area (Å²) in [5, 5.41) is 3.44. The number of hydrogen-bond acceptors (Lipinski definition) is 3. The monoisotopic (exact) mass is 355 g/mol. The minimum atomic E-state index is 0.950. The normalized spacial score (nSPS) is 11.6. The van der Waals surface area contributed by atoms with E-state index in [-0.39, 0.29) is 0 Å². The van der Waals surface area contributed by atoms with Crippen molar-refractivity contribution in [2.24, 2.45) is 0 Å². The smallest absolute Gasteiger partial charge is 0.0241 e. The molecule has 1 aromatic rings. The summed E-state index contributed by atoms with van der Waals surface area (Å²) >= 11 is 3.71. The van der Waals surface area contributed by atoms with Crippen LogP contribution in [-0.4, -0.2) is 50.6 Å². The molecule has 0 aromatic heterocycles. The second-order valence-corrected chi connectivity index (χ2v) is 6.85. The molecule has 0 aliphatic carbocycles. The Bertz CT molecular complexity index is 407. The van der Waals surface area contributed by atoms with E-state index < -0.39 is 0 Å². The van der Waals surface area contributed by atoms with Crippen molar-refractivity contribution in [1.82, 2.24) is 15.1 Å². The van der Waals surface area contributed by atoms with Crippen molar-refractivity contribution < 1.29 is 0 Å². The fraction of sp³-hybridized carbons (Fsp3) is 0.647. The second-order valence-electron chi connectivity index (χ2n) is 6.00. The van der Waals surface area contributed by atoms with Gasteiger partial charge in [0.25, 0.3) is 0 Å². The summed E-state index contributed by atoms with van der Waals surface area (Å²) in [7, 11) is 6.45. The van der Waals surface area contributed by atoms with Gasteiger partial charge in [-0.15, -0.1) is 0 Å². The Morgan fingerprint density at radius 1 is 1.14 bits per heavy atom. The summed E-state index contributed by atoms with van der Waals surface area (Å²) in [5.74, 6) is 0. The summed E-state index contributed by atoms with van der Waals surface area (Å²) < 4.78 is 1.22. The molecule has 0 aliphatic heterocycles. The fourth-order valence-corrected chi connectivity index (χ4v) is 2.82. The van der Waals surface area contributed by atoms with Crippen molar-refractivity contribution in [3.05, 3.63) is 33.8 Å². The van der Waals surface area contributed by atoms with Crippen LogP contribution in [0.2, 0.25) is 0 Å². The van der Waals surface area contributed by atoms with Crippen LogP contribution in [0.4, 0.5) is 0 Å². The van der Waals surface area contributed by atoms with Crippen molar-refractivity contribution in [3.63, 3.8) is 0 Å². The van der Waals surface area contributed by atoms with E-state index >= 15 is 0 Å². The third kappa shape index (κ3) is 7.96. The Kier molecular flexibility index (Phi) is 9.16. The standard InChI is InChI=1S/C17H30BrN3/c1-5-9-19-13-15-7-8-16(17(18)12-15)14-21(4)11-6-10-20(2)3/h7-8,12,19H,5-6,9-11,13-14H2,1-4H3. The lowest BCUT2D eigenvalue weighted by molar-refractivity contribution is 0.294. The van der Waals surface area contributed by atoms with Gasteiger partial charge in [-0.05, 0) is 70.8 Å². The minimum Gasteiger partial charge on any atom is -0.313 e. The van der Waals surface area contributed by atoms with Crippen LogP contribution in [0.15, 0.2) is 22.7 Å². The van der Waals surface area contributed by atoms with Gasteiger partial charge in [0.1, 0.15) is 0 Å². The largest absolute Gasteiger partial charge is 0.313 e. The third-order valence-corrected chi connectivity index (χ3v) is 4.20. The highest BCUT2D eigenvalue weighted by Gasteiger charge is 2.05. The highest BCUT2D eigenvalue weighted by molar-refractivity contribution is 9.10. The predicted molar refractivity (Wildman–Crippen MR) is 95.6 cm³/mol. The Hall–Kier alpha value is -0.420. The molecule has 0 aliphatic rings. The molecule has 0 radical (unpaired) electrons. The fourth-order valence-electron chi connectivity index (χ4n) is 2.27. The Morgan fingerprint density at radius 3 is 2.52 bits per heavy atom. The maximum atomic E-state index is 3.71. The van der Waals surface area contributed by atoms with Crippen LogP contribution >= 0.6 is 15.9 Å². The molecule has 3 nitrogen and oxygen atoms in total. The molecule has 1 aromatic carbocycles. The summed E-state index contributed by atoms with van der Waals surface area (Å²) in [4.78, 5) is 4.63. The van der Waals surface area contributed by atoms with E-state index in [4.69, 9.17) is 0 Å². The quantitative estimate of drug-likeness (QED) is 0.649. The number of nitrogens with one attached hydrogen (secondary N) is 1. The Balaban J connectivity index is 2.44.